The zero-order valence-corrected chi connectivity index (χ0v) is 12.6. The van der Waals surface area contributed by atoms with Crippen LogP contribution in [0.5, 0.6) is 5.75 Å². The van der Waals surface area contributed by atoms with Crippen molar-refractivity contribution in [2.45, 2.75) is 18.5 Å². The van der Waals surface area contributed by atoms with Crippen LogP contribution in [0.1, 0.15) is 5.56 Å². The monoisotopic (exact) mass is 295 g/mol. The minimum Gasteiger partial charge on any atom is -0.496 e. The van der Waals surface area contributed by atoms with Crippen LogP contribution >= 0.6 is 11.6 Å². The van der Waals surface area contributed by atoms with Gasteiger partial charge >= 0.3 is 0 Å². The first-order chi connectivity index (χ1) is 9.67. The van der Waals surface area contributed by atoms with Gasteiger partial charge in [0.2, 0.25) is 0 Å². The van der Waals surface area contributed by atoms with Crippen molar-refractivity contribution in [2.75, 3.05) is 39.8 Å². The lowest BCUT2D eigenvalue weighted by Crippen LogP contribution is -2.66. The summed E-state index contributed by atoms with van der Waals surface area (Å²) in [6.45, 7) is 5.74. The number of fused-ring (bicyclic) bond motifs is 3. The molecule has 4 nitrogen and oxygen atoms in total. The van der Waals surface area contributed by atoms with Gasteiger partial charge in [-0.25, -0.2) is 0 Å². The topological polar surface area (TPSA) is 41.7 Å². The van der Waals surface area contributed by atoms with E-state index < -0.39 is 0 Å². The minimum atomic E-state index is 0.116. The van der Waals surface area contributed by atoms with Gasteiger partial charge in [-0.2, -0.15) is 0 Å². The van der Waals surface area contributed by atoms with Crippen LogP contribution in [0.15, 0.2) is 18.2 Å². The summed E-state index contributed by atoms with van der Waals surface area (Å²) in [5.41, 5.74) is 7.58. The predicted molar refractivity (Wildman–Crippen MR) is 81.5 cm³/mol. The molecule has 0 aromatic heterocycles. The van der Waals surface area contributed by atoms with Gasteiger partial charge in [-0.05, 0) is 30.2 Å². The lowest BCUT2D eigenvalue weighted by molar-refractivity contribution is 0.00253. The van der Waals surface area contributed by atoms with Gasteiger partial charge in [-0.1, -0.05) is 11.6 Å². The van der Waals surface area contributed by atoms with E-state index in [1.54, 1.807) is 7.11 Å². The summed E-state index contributed by atoms with van der Waals surface area (Å²) < 4.78 is 5.41. The highest BCUT2D eigenvalue weighted by Gasteiger charge is 2.35. The quantitative estimate of drug-likeness (QED) is 0.907. The molecule has 2 N–H and O–H groups in total. The molecule has 1 aromatic rings. The molecule has 3 saturated heterocycles. The molecule has 3 aliphatic heterocycles. The Morgan fingerprint density at radius 3 is 2.70 bits per heavy atom. The molecular formula is C15H22ClN3O. The standard InChI is InChI=1S/C15H22ClN3O/c1-20-15-3-2-12(16)8-11(15)9-13(17)14-10-18-4-6-19(14)7-5-18/h2-3,8,13-14H,4-7,9-10,17H2,1H3. The van der Waals surface area contributed by atoms with E-state index in [2.05, 4.69) is 9.80 Å². The first-order valence-electron chi connectivity index (χ1n) is 7.22. The van der Waals surface area contributed by atoms with Crippen LogP contribution in [0.25, 0.3) is 0 Å². The predicted octanol–water partition coefficient (Wildman–Crippen LogP) is 1.22. The number of hydrogen-bond acceptors (Lipinski definition) is 4. The minimum absolute atomic E-state index is 0.116. The van der Waals surface area contributed by atoms with E-state index in [0.29, 0.717) is 6.04 Å². The number of ether oxygens (including phenoxy) is 1. The highest BCUT2D eigenvalue weighted by molar-refractivity contribution is 6.30. The van der Waals surface area contributed by atoms with E-state index in [1.165, 1.54) is 13.1 Å². The molecular weight excluding hydrogens is 274 g/mol. The molecule has 5 heteroatoms. The van der Waals surface area contributed by atoms with Crippen molar-refractivity contribution in [1.82, 2.24) is 9.80 Å². The average molecular weight is 296 g/mol. The van der Waals surface area contributed by atoms with Crippen LogP contribution in [0.4, 0.5) is 0 Å². The normalized spacial score (nSPS) is 30.2. The van der Waals surface area contributed by atoms with Gasteiger partial charge in [0.1, 0.15) is 5.75 Å². The van der Waals surface area contributed by atoms with Crippen molar-refractivity contribution in [3.8, 4) is 5.75 Å². The van der Waals surface area contributed by atoms with Gasteiger partial charge in [0.25, 0.3) is 0 Å². The summed E-state index contributed by atoms with van der Waals surface area (Å²) in [6, 6.07) is 6.30. The van der Waals surface area contributed by atoms with E-state index in [4.69, 9.17) is 22.1 Å². The van der Waals surface area contributed by atoms with Gasteiger partial charge in [-0.15, -0.1) is 0 Å². The molecule has 0 radical (unpaired) electrons. The van der Waals surface area contributed by atoms with Crippen LogP contribution in [-0.2, 0) is 6.42 Å². The molecule has 0 saturated carbocycles. The summed E-state index contributed by atoms with van der Waals surface area (Å²) in [5.74, 6) is 0.876. The number of rotatable bonds is 4. The molecule has 3 fully saturated rings. The Bertz CT molecular complexity index is 474. The Labute approximate surface area is 125 Å². The number of nitrogens with two attached hydrogens (primary N) is 1. The maximum absolute atomic E-state index is 6.47. The van der Waals surface area contributed by atoms with E-state index in [1.807, 2.05) is 18.2 Å². The van der Waals surface area contributed by atoms with Crippen LogP contribution in [0.3, 0.4) is 0 Å². The van der Waals surface area contributed by atoms with E-state index >= 15 is 0 Å². The fourth-order valence-corrected chi connectivity index (χ4v) is 3.56. The molecule has 0 aliphatic carbocycles. The van der Waals surface area contributed by atoms with Gasteiger partial charge in [0, 0.05) is 49.8 Å². The number of halogens is 1. The zero-order valence-electron chi connectivity index (χ0n) is 11.9. The third-order valence-corrected chi connectivity index (χ3v) is 4.75. The molecule has 20 heavy (non-hydrogen) atoms. The van der Waals surface area contributed by atoms with Crippen molar-refractivity contribution in [3.63, 3.8) is 0 Å². The number of methoxy groups -OCH3 is 1. The van der Waals surface area contributed by atoms with Gasteiger partial charge in [0.05, 0.1) is 7.11 Å². The number of hydrogen-bond donors (Lipinski definition) is 1. The molecule has 3 heterocycles. The van der Waals surface area contributed by atoms with Crippen LogP contribution < -0.4 is 10.5 Å². The van der Waals surface area contributed by atoms with Crippen molar-refractivity contribution in [3.05, 3.63) is 28.8 Å². The van der Waals surface area contributed by atoms with Crippen LogP contribution in [-0.4, -0.2) is 61.7 Å². The molecule has 2 unspecified atom stereocenters. The number of benzene rings is 1. The third kappa shape index (κ3) is 2.79. The van der Waals surface area contributed by atoms with Crippen LogP contribution in [0.2, 0.25) is 5.02 Å². The summed E-state index contributed by atoms with van der Waals surface area (Å²) >= 11 is 6.09. The summed E-state index contributed by atoms with van der Waals surface area (Å²) in [4.78, 5) is 5.04. The van der Waals surface area contributed by atoms with E-state index in [-0.39, 0.29) is 6.04 Å². The largest absolute Gasteiger partial charge is 0.496 e. The highest BCUT2D eigenvalue weighted by atomic mass is 35.5. The maximum atomic E-state index is 6.47. The molecule has 1 aromatic carbocycles. The van der Waals surface area contributed by atoms with Crippen molar-refractivity contribution < 1.29 is 4.74 Å². The second kappa shape index (κ2) is 5.90. The Hall–Kier alpha value is -0.810. The van der Waals surface area contributed by atoms with Crippen molar-refractivity contribution in [1.29, 1.82) is 0 Å². The van der Waals surface area contributed by atoms with Gasteiger partial charge in [-0.3, -0.25) is 9.80 Å². The molecule has 2 bridgehead atoms. The second-order valence-corrected chi connectivity index (χ2v) is 6.16. The summed E-state index contributed by atoms with van der Waals surface area (Å²) in [7, 11) is 1.69. The first-order valence-corrected chi connectivity index (χ1v) is 7.59. The lowest BCUT2D eigenvalue weighted by Gasteiger charge is -2.49. The molecule has 0 amide bonds. The molecule has 0 spiro atoms. The maximum Gasteiger partial charge on any atom is 0.122 e. The van der Waals surface area contributed by atoms with E-state index in [0.717, 1.165) is 42.4 Å². The summed E-state index contributed by atoms with van der Waals surface area (Å²) in [5, 5.41) is 0.738. The van der Waals surface area contributed by atoms with Crippen molar-refractivity contribution >= 4 is 11.6 Å². The van der Waals surface area contributed by atoms with E-state index in [9.17, 15) is 0 Å². The Morgan fingerprint density at radius 1 is 1.35 bits per heavy atom. The number of piperazine rings is 3. The average Bonchev–Trinajstić information content (AvgIpc) is 2.48. The lowest BCUT2D eigenvalue weighted by atomic mass is 9.95. The summed E-state index contributed by atoms with van der Waals surface area (Å²) in [6.07, 6.45) is 0.804. The van der Waals surface area contributed by atoms with Crippen LogP contribution in [0, 0.1) is 0 Å². The highest BCUT2D eigenvalue weighted by Crippen LogP contribution is 2.26. The Morgan fingerprint density at radius 2 is 2.10 bits per heavy atom. The zero-order chi connectivity index (χ0) is 14.1. The fourth-order valence-electron chi connectivity index (χ4n) is 3.36. The van der Waals surface area contributed by atoms with Gasteiger partial charge in [0.15, 0.2) is 0 Å². The second-order valence-electron chi connectivity index (χ2n) is 5.73. The first kappa shape index (κ1) is 14.1. The molecule has 4 rings (SSSR count). The smallest absolute Gasteiger partial charge is 0.122 e. The molecule has 2 atom stereocenters. The number of nitrogens with zero attached hydrogens (tertiary/aromatic N) is 2. The third-order valence-electron chi connectivity index (χ3n) is 4.51. The SMILES string of the molecule is COc1ccc(Cl)cc1CC(N)C1CN2CCN1CC2. The Kier molecular flexibility index (Phi) is 4.17. The van der Waals surface area contributed by atoms with Crippen molar-refractivity contribution in [2.24, 2.45) is 5.73 Å². The fraction of sp³-hybridized carbons (Fsp3) is 0.600. The molecule has 3 aliphatic rings. The van der Waals surface area contributed by atoms with Gasteiger partial charge < -0.3 is 10.5 Å². The molecule has 110 valence electrons. The Balaban J connectivity index is 1.72.